The molecule has 140 valence electrons. The second-order valence-corrected chi connectivity index (χ2v) is 8.50. The fourth-order valence-electron chi connectivity index (χ4n) is 3.74. The van der Waals surface area contributed by atoms with E-state index in [2.05, 4.69) is 0 Å². The van der Waals surface area contributed by atoms with Gasteiger partial charge in [-0.05, 0) is 55.9 Å². The first-order valence-corrected chi connectivity index (χ1v) is 10.2. The summed E-state index contributed by atoms with van der Waals surface area (Å²) in [6, 6.07) is 6.67. The Morgan fingerprint density at radius 3 is 2.89 bits per heavy atom. The largest absolute Gasteiger partial charge is 0.368 e. The monoisotopic (exact) mass is 401 g/mol. The van der Waals surface area contributed by atoms with Gasteiger partial charge < -0.3 is 5.73 Å². The van der Waals surface area contributed by atoms with Crippen LogP contribution in [0.25, 0.3) is 10.2 Å². The maximum absolute atomic E-state index is 13.4. The number of aryl methyl sites for hydroxylation is 2. The summed E-state index contributed by atoms with van der Waals surface area (Å²) >= 11 is 7.70. The summed E-state index contributed by atoms with van der Waals surface area (Å²) in [4.78, 5) is 32.1. The lowest BCUT2D eigenvalue weighted by Crippen LogP contribution is -2.35. The Morgan fingerprint density at radius 2 is 2.15 bits per heavy atom. The van der Waals surface area contributed by atoms with Gasteiger partial charge in [0.15, 0.2) is 0 Å². The van der Waals surface area contributed by atoms with E-state index in [1.54, 1.807) is 24.3 Å². The van der Waals surface area contributed by atoms with Crippen molar-refractivity contribution in [2.45, 2.75) is 45.1 Å². The van der Waals surface area contributed by atoms with E-state index in [1.165, 1.54) is 9.44 Å². The average molecular weight is 402 g/mol. The van der Waals surface area contributed by atoms with Crippen molar-refractivity contribution >= 4 is 39.1 Å². The fraction of sp³-hybridized carbons (Fsp3) is 0.350. The van der Waals surface area contributed by atoms with Crippen molar-refractivity contribution in [2.75, 3.05) is 0 Å². The molecule has 5 nitrogen and oxygen atoms in total. The third-order valence-electron chi connectivity index (χ3n) is 5.14. The first-order valence-electron chi connectivity index (χ1n) is 9.05. The molecule has 1 aliphatic rings. The summed E-state index contributed by atoms with van der Waals surface area (Å²) in [6.45, 7) is 1.65. The predicted molar refractivity (Wildman–Crippen MR) is 109 cm³/mol. The van der Waals surface area contributed by atoms with Gasteiger partial charge >= 0.3 is 0 Å². The Morgan fingerprint density at radius 1 is 1.37 bits per heavy atom. The van der Waals surface area contributed by atoms with E-state index in [9.17, 15) is 9.59 Å². The summed E-state index contributed by atoms with van der Waals surface area (Å²) in [5.41, 5.74) is 7.41. The van der Waals surface area contributed by atoms with Crippen molar-refractivity contribution in [1.29, 1.82) is 0 Å². The van der Waals surface area contributed by atoms with Crippen molar-refractivity contribution in [3.63, 3.8) is 0 Å². The number of carbonyl (C=O) groups excluding carboxylic acids is 1. The smallest absolute Gasteiger partial charge is 0.263 e. The lowest BCUT2D eigenvalue weighted by molar-refractivity contribution is -0.120. The highest BCUT2D eigenvalue weighted by Crippen LogP contribution is 2.34. The van der Waals surface area contributed by atoms with Crippen molar-refractivity contribution < 1.29 is 4.79 Å². The Bertz CT molecular complexity index is 1100. The quantitative estimate of drug-likeness (QED) is 0.725. The van der Waals surface area contributed by atoms with Crippen LogP contribution in [0.15, 0.2) is 29.1 Å². The number of amides is 1. The van der Waals surface area contributed by atoms with Crippen LogP contribution < -0.4 is 11.3 Å². The van der Waals surface area contributed by atoms with Crippen LogP contribution in [-0.4, -0.2) is 15.5 Å². The minimum absolute atomic E-state index is 0.164. The molecule has 0 bridgehead atoms. The van der Waals surface area contributed by atoms with Crippen molar-refractivity contribution in [1.82, 2.24) is 9.55 Å². The zero-order valence-electron chi connectivity index (χ0n) is 15.0. The predicted octanol–water partition coefficient (Wildman–Crippen LogP) is 3.63. The van der Waals surface area contributed by atoms with Gasteiger partial charge in [-0.3, -0.25) is 14.2 Å². The summed E-state index contributed by atoms with van der Waals surface area (Å²) in [5.74, 6) is -0.00523. The second-order valence-electron chi connectivity index (χ2n) is 6.98. The molecule has 7 heteroatoms. The summed E-state index contributed by atoms with van der Waals surface area (Å²) < 4.78 is 1.47. The number of hydrogen-bond donors (Lipinski definition) is 1. The molecule has 0 spiro atoms. The molecule has 0 saturated heterocycles. The van der Waals surface area contributed by atoms with Crippen LogP contribution in [-0.2, 0) is 24.1 Å². The van der Waals surface area contributed by atoms with E-state index in [0.29, 0.717) is 22.7 Å². The standard InChI is InChI=1S/C20H20ClN3O2S/c1-11(18(22)25)24-16(10-12-5-4-6-13(21)9-12)23-19-17(20(24)26)14-7-2-3-8-15(14)27-19/h4-6,9,11H,2-3,7-8,10H2,1H3,(H2,22,25). The minimum atomic E-state index is -0.761. The highest BCUT2D eigenvalue weighted by atomic mass is 35.5. The van der Waals surface area contributed by atoms with Crippen LogP contribution in [0.5, 0.6) is 0 Å². The molecule has 1 aromatic carbocycles. The van der Waals surface area contributed by atoms with Crippen molar-refractivity contribution in [2.24, 2.45) is 5.73 Å². The van der Waals surface area contributed by atoms with E-state index < -0.39 is 11.9 Å². The molecule has 4 rings (SSSR count). The molecule has 0 fully saturated rings. The number of carbonyl (C=O) groups is 1. The minimum Gasteiger partial charge on any atom is -0.368 e. The van der Waals surface area contributed by atoms with Crippen LogP contribution in [0.3, 0.4) is 0 Å². The number of fused-ring (bicyclic) bond motifs is 3. The van der Waals surface area contributed by atoms with Gasteiger partial charge in [0.25, 0.3) is 5.56 Å². The average Bonchev–Trinajstić information content (AvgIpc) is 3.00. The highest BCUT2D eigenvalue weighted by Gasteiger charge is 2.25. The molecule has 1 amide bonds. The zero-order chi connectivity index (χ0) is 19.1. The molecule has 0 saturated carbocycles. The Balaban J connectivity index is 1.94. The maximum atomic E-state index is 13.4. The summed E-state index contributed by atoms with van der Waals surface area (Å²) in [7, 11) is 0. The van der Waals surface area contributed by atoms with Gasteiger partial charge in [-0.25, -0.2) is 4.98 Å². The molecule has 1 atom stereocenters. The van der Waals surface area contributed by atoms with Crippen molar-refractivity contribution in [3.05, 3.63) is 61.5 Å². The number of primary amides is 1. The highest BCUT2D eigenvalue weighted by molar-refractivity contribution is 7.18. The van der Waals surface area contributed by atoms with Gasteiger partial charge in [-0.1, -0.05) is 23.7 Å². The molecule has 2 N–H and O–H groups in total. The number of benzene rings is 1. The summed E-state index contributed by atoms with van der Waals surface area (Å²) in [5, 5.41) is 1.29. The number of halogens is 1. The van der Waals surface area contributed by atoms with Gasteiger partial charge in [0.05, 0.1) is 5.39 Å². The third-order valence-corrected chi connectivity index (χ3v) is 6.57. The molecule has 3 aromatic rings. The van der Waals surface area contributed by atoms with Gasteiger partial charge in [0, 0.05) is 16.3 Å². The number of aromatic nitrogens is 2. The first kappa shape index (κ1) is 18.2. The number of nitrogens with zero attached hydrogens (tertiary/aromatic N) is 2. The Labute approximate surface area is 165 Å². The number of thiophene rings is 1. The fourth-order valence-corrected chi connectivity index (χ4v) is 5.22. The Kier molecular flexibility index (Phi) is 4.78. The van der Waals surface area contributed by atoms with E-state index in [-0.39, 0.29) is 5.56 Å². The second kappa shape index (κ2) is 7.09. The van der Waals surface area contributed by atoms with E-state index >= 15 is 0 Å². The van der Waals surface area contributed by atoms with Crippen LogP contribution in [0.1, 0.15) is 47.6 Å². The molecule has 2 heterocycles. The van der Waals surface area contributed by atoms with Crippen LogP contribution in [0.2, 0.25) is 5.02 Å². The number of hydrogen-bond acceptors (Lipinski definition) is 4. The van der Waals surface area contributed by atoms with Crippen LogP contribution >= 0.6 is 22.9 Å². The molecule has 1 unspecified atom stereocenters. The van der Waals surface area contributed by atoms with Gasteiger partial charge in [0.1, 0.15) is 16.7 Å². The molecule has 0 radical (unpaired) electrons. The molecule has 2 aromatic heterocycles. The lowest BCUT2D eigenvalue weighted by atomic mass is 9.97. The molecular formula is C20H20ClN3O2S. The number of rotatable bonds is 4. The van der Waals surface area contributed by atoms with Gasteiger partial charge in [0.2, 0.25) is 5.91 Å². The Hall–Kier alpha value is -2.18. The topological polar surface area (TPSA) is 78.0 Å². The van der Waals surface area contributed by atoms with Gasteiger partial charge in [-0.15, -0.1) is 11.3 Å². The first-order chi connectivity index (χ1) is 13.0. The lowest BCUT2D eigenvalue weighted by Gasteiger charge is -2.17. The van der Waals surface area contributed by atoms with Crippen LogP contribution in [0, 0.1) is 0 Å². The molecule has 27 heavy (non-hydrogen) atoms. The van der Waals surface area contributed by atoms with Crippen LogP contribution in [0.4, 0.5) is 0 Å². The normalized spacial score (nSPS) is 14.9. The summed E-state index contributed by atoms with van der Waals surface area (Å²) in [6.07, 6.45) is 4.51. The third kappa shape index (κ3) is 3.28. The molecule has 0 aliphatic heterocycles. The van der Waals surface area contributed by atoms with Gasteiger partial charge in [-0.2, -0.15) is 0 Å². The van der Waals surface area contributed by atoms with E-state index in [0.717, 1.165) is 41.6 Å². The number of nitrogens with two attached hydrogens (primary N) is 1. The SMILES string of the molecule is CC(C(N)=O)n1c(Cc2cccc(Cl)c2)nc2sc3c(c2c1=O)CCCC3. The molecule has 1 aliphatic carbocycles. The van der Waals surface area contributed by atoms with E-state index in [1.807, 2.05) is 18.2 Å². The molecular weight excluding hydrogens is 382 g/mol. The van der Waals surface area contributed by atoms with E-state index in [4.69, 9.17) is 22.3 Å². The zero-order valence-corrected chi connectivity index (χ0v) is 16.6. The maximum Gasteiger partial charge on any atom is 0.263 e. The van der Waals surface area contributed by atoms with Crippen molar-refractivity contribution in [3.8, 4) is 0 Å².